The van der Waals surface area contributed by atoms with Gasteiger partial charge in [0.1, 0.15) is 24.2 Å². The van der Waals surface area contributed by atoms with Gasteiger partial charge in [-0.1, -0.05) is 6.42 Å². The number of carbonyl (C=O) groups is 9. The van der Waals surface area contributed by atoms with Crippen molar-refractivity contribution in [3.05, 3.63) is 0 Å². The molecule has 0 aliphatic carbocycles. The van der Waals surface area contributed by atoms with E-state index in [0.29, 0.717) is 32.2 Å². The molecule has 0 aromatic heterocycles. The number of carbonyl (C=O) groups excluding carboxylic acids is 7. The van der Waals surface area contributed by atoms with E-state index in [4.69, 9.17) is 38.9 Å². The standard InChI is InChI=1S/C26H46N10O11/c27-7-3-1-5-13(29)22(42)35-15(9-18(30)37)25(45)36-16(10-19(31)38)24(44)34-14(6-2-4-8-28)23(43)32-12-20(39)33-17(26(46)47)11-21(40)41/h13-17H,1-12,27-29H2,(H2,30,37)(H2,31,38)(H,32,43)(H,33,39)(H,34,44)(H,35,42)(H,36,45)(H,40,41)(H,46,47)/t13-,14-,15-,16-,17-/m0/s1. The maximum atomic E-state index is 13.2. The van der Waals surface area contributed by atoms with E-state index in [2.05, 4.69) is 21.3 Å². The molecule has 0 saturated carbocycles. The van der Waals surface area contributed by atoms with Crippen molar-refractivity contribution in [3.63, 3.8) is 0 Å². The van der Waals surface area contributed by atoms with Crippen molar-refractivity contribution in [2.45, 2.75) is 88.0 Å². The molecule has 0 bridgehead atoms. The molecule has 0 rings (SSSR count). The van der Waals surface area contributed by atoms with E-state index in [0.717, 1.165) is 0 Å². The number of hydrogen-bond donors (Lipinski definition) is 12. The van der Waals surface area contributed by atoms with Gasteiger partial charge < -0.3 is 65.5 Å². The van der Waals surface area contributed by atoms with Crippen LogP contribution in [0.2, 0.25) is 0 Å². The molecule has 0 fully saturated rings. The minimum absolute atomic E-state index is 0.0349. The van der Waals surface area contributed by atoms with Crippen molar-refractivity contribution < 1.29 is 53.4 Å². The van der Waals surface area contributed by atoms with E-state index in [1.165, 1.54) is 0 Å². The van der Waals surface area contributed by atoms with Crippen molar-refractivity contribution >= 4 is 53.3 Å². The zero-order valence-corrected chi connectivity index (χ0v) is 25.8. The first-order chi connectivity index (χ1) is 22.0. The first-order valence-corrected chi connectivity index (χ1v) is 14.7. The molecule has 0 unspecified atom stereocenters. The van der Waals surface area contributed by atoms with E-state index in [9.17, 15) is 43.2 Å². The lowest BCUT2D eigenvalue weighted by molar-refractivity contribution is -0.147. The Labute approximate surface area is 269 Å². The molecule has 21 heteroatoms. The van der Waals surface area contributed by atoms with Gasteiger partial charge in [0, 0.05) is 0 Å². The number of carboxylic acid groups (broad SMARTS) is 2. The van der Waals surface area contributed by atoms with Crippen LogP contribution in [-0.2, 0) is 43.2 Å². The Hall–Kier alpha value is -4.89. The number of carboxylic acids is 2. The molecule has 5 atom stereocenters. The summed E-state index contributed by atoms with van der Waals surface area (Å²) in [6.45, 7) is -0.193. The normalized spacial score (nSPS) is 13.9. The van der Waals surface area contributed by atoms with Crippen molar-refractivity contribution in [1.29, 1.82) is 0 Å². The average Bonchev–Trinajstić information content (AvgIpc) is 2.97. The van der Waals surface area contributed by atoms with Gasteiger partial charge in [-0.3, -0.25) is 38.4 Å². The number of hydrogen-bond acceptors (Lipinski definition) is 12. The molecular weight excluding hydrogens is 628 g/mol. The van der Waals surface area contributed by atoms with Crippen LogP contribution < -0.4 is 55.3 Å². The Morgan fingerprint density at radius 2 is 1.02 bits per heavy atom. The molecule has 0 saturated heterocycles. The predicted molar refractivity (Wildman–Crippen MR) is 162 cm³/mol. The maximum absolute atomic E-state index is 13.2. The Morgan fingerprint density at radius 1 is 0.553 bits per heavy atom. The lowest BCUT2D eigenvalue weighted by Crippen LogP contribution is -2.59. The molecule has 0 aromatic rings. The van der Waals surface area contributed by atoms with Gasteiger partial charge in [-0.15, -0.1) is 0 Å². The monoisotopic (exact) mass is 674 g/mol. The third kappa shape index (κ3) is 18.6. The molecule has 7 amide bonds. The quantitative estimate of drug-likeness (QED) is 0.0401. The van der Waals surface area contributed by atoms with Gasteiger partial charge in [0.2, 0.25) is 41.4 Å². The average molecular weight is 675 g/mol. The van der Waals surface area contributed by atoms with Crippen molar-refractivity contribution in [2.75, 3.05) is 19.6 Å². The number of nitrogens with one attached hydrogen (secondary N) is 5. The van der Waals surface area contributed by atoms with Crippen LogP contribution in [0, 0.1) is 0 Å². The molecule has 0 heterocycles. The number of unbranched alkanes of at least 4 members (excludes halogenated alkanes) is 2. The minimum Gasteiger partial charge on any atom is -0.481 e. The summed E-state index contributed by atoms with van der Waals surface area (Å²) in [5, 5.41) is 28.8. The molecule has 47 heavy (non-hydrogen) atoms. The number of rotatable bonds is 25. The topological polar surface area (TPSA) is 384 Å². The first kappa shape index (κ1) is 42.1. The highest BCUT2D eigenvalue weighted by molar-refractivity contribution is 5.98. The summed E-state index contributed by atoms with van der Waals surface area (Å²) in [6, 6.07) is -7.50. The highest BCUT2D eigenvalue weighted by Crippen LogP contribution is 2.05. The second kappa shape index (κ2) is 22.6. The zero-order valence-electron chi connectivity index (χ0n) is 25.8. The molecule has 0 aliphatic heterocycles. The first-order valence-electron chi connectivity index (χ1n) is 14.7. The van der Waals surface area contributed by atoms with Crippen LogP contribution in [0.25, 0.3) is 0 Å². The summed E-state index contributed by atoms with van der Waals surface area (Å²) >= 11 is 0. The molecule has 21 nitrogen and oxygen atoms in total. The van der Waals surface area contributed by atoms with Crippen molar-refractivity contribution in [1.82, 2.24) is 26.6 Å². The SMILES string of the molecule is NCCCC[C@H](NC(=O)[C@H](CC(N)=O)NC(=O)[C@H](CC(N)=O)NC(=O)[C@@H](N)CCCCN)C(=O)NCC(=O)N[C@@H](CC(=O)O)C(=O)O. The Balaban J connectivity index is 5.75. The third-order valence-corrected chi connectivity index (χ3v) is 6.40. The second-order valence-electron chi connectivity index (χ2n) is 10.5. The van der Waals surface area contributed by atoms with Crippen LogP contribution in [0.1, 0.15) is 57.8 Å². The number of nitrogens with two attached hydrogens (primary N) is 5. The van der Waals surface area contributed by atoms with E-state index >= 15 is 0 Å². The number of aliphatic carboxylic acids is 2. The fourth-order valence-corrected chi connectivity index (χ4v) is 3.96. The maximum Gasteiger partial charge on any atom is 0.326 e. The smallest absolute Gasteiger partial charge is 0.326 e. The van der Waals surface area contributed by atoms with E-state index < -0.39 is 109 Å². The van der Waals surface area contributed by atoms with Gasteiger partial charge in [0.15, 0.2) is 0 Å². The Bertz CT molecular complexity index is 1140. The summed E-state index contributed by atoms with van der Waals surface area (Å²) in [5.41, 5.74) is 27.2. The fraction of sp³-hybridized carbons (Fsp3) is 0.654. The van der Waals surface area contributed by atoms with Crippen LogP contribution in [0.4, 0.5) is 0 Å². The lowest BCUT2D eigenvalue weighted by Gasteiger charge is -2.25. The van der Waals surface area contributed by atoms with Gasteiger partial charge in [0.25, 0.3) is 0 Å². The molecule has 0 aliphatic rings. The van der Waals surface area contributed by atoms with Crippen LogP contribution in [0.15, 0.2) is 0 Å². The molecule has 0 spiro atoms. The Kier molecular flexibility index (Phi) is 20.2. The van der Waals surface area contributed by atoms with Crippen molar-refractivity contribution in [2.24, 2.45) is 28.7 Å². The van der Waals surface area contributed by atoms with Gasteiger partial charge in [-0.2, -0.15) is 0 Å². The molecular formula is C26H46N10O11. The summed E-state index contributed by atoms with van der Waals surface area (Å²) in [4.78, 5) is 109. The van der Waals surface area contributed by atoms with Gasteiger partial charge >= 0.3 is 11.9 Å². The lowest BCUT2D eigenvalue weighted by atomic mass is 10.1. The third-order valence-electron chi connectivity index (χ3n) is 6.40. The van der Waals surface area contributed by atoms with E-state index in [1.54, 1.807) is 0 Å². The zero-order chi connectivity index (χ0) is 36.1. The second-order valence-corrected chi connectivity index (χ2v) is 10.5. The summed E-state index contributed by atoms with van der Waals surface area (Å²) < 4.78 is 0. The molecule has 266 valence electrons. The van der Waals surface area contributed by atoms with Crippen LogP contribution in [-0.4, -0.2) is 113 Å². The minimum atomic E-state index is -1.77. The number of amides is 7. The summed E-state index contributed by atoms with van der Waals surface area (Å²) in [7, 11) is 0. The van der Waals surface area contributed by atoms with Gasteiger partial charge in [-0.25, -0.2) is 4.79 Å². The molecule has 17 N–H and O–H groups in total. The fourth-order valence-electron chi connectivity index (χ4n) is 3.96. The van der Waals surface area contributed by atoms with Crippen LogP contribution in [0.5, 0.6) is 0 Å². The Morgan fingerprint density at radius 3 is 1.47 bits per heavy atom. The van der Waals surface area contributed by atoms with E-state index in [-0.39, 0.29) is 19.4 Å². The number of primary amides is 2. The highest BCUT2D eigenvalue weighted by Gasteiger charge is 2.32. The highest BCUT2D eigenvalue weighted by atomic mass is 16.4. The molecule has 0 radical (unpaired) electrons. The molecule has 0 aromatic carbocycles. The van der Waals surface area contributed by atoms with Gasteiger partial charge in [-0.05, 0) is 45.2 Å². The largest absolute Gasteiger partial charge is 0.481 e. The summed E-state index contributed by atoms with van der Waals surface area (Å²) in [5.74, 6) is -10.1. The summed E-state index contributed by atoms with van der Waals surface area (Å²) in [6.07, 6.45) is -0.391. The van der Waals surface area contributed by atoms with Crippen LogP contribution in [0.3, 0.4) is 0 Å². The van der Waals surface area contributed by atoms with Gasteiger partial charge in [0.05, 0.1) is 31.8 Å². The van der Waals surface area contributed by atoms with Crippen molar-refractivity contribution in [3.8, 4) is 0 Å². The van der Waals surface area contributed by atoms with E-state index in [1.807, 2.05) is 5.32 Å². The predicted octanol–water partition coefficient (Wildman–Crippen LogP) is -6.06. The van der Waals surface area contributed by atoms with Crippen LogP contribution >= 0.6 is 0 Å².